The Hall–Kier alpha value is -2.51. The van der Waals surface area contributed by atoms with Crippen LogP contribution in [0.3, 0.4) is 0 Å². The van der Waals surface area contributed by atoms with Crippen LogP contribution in [-0.4, -0.2) is 27.2 Å². The van der Waals surface area contributed by atoms with Crippen molar-refractivity contribution in [3.8, 4) is 0 Å². The van der Waals surface area contributed by atoms with Gasteiger partial charge in [0.05, 0.1) is 5.57 Å². The second-order valence-corrected chi connectivity index (χ2v) is 7.73. The van der Waals surface area contributed by atoms with Crippen LogP contribution in [0.1, 0.15) is 16.7 Å². The molecule has 0 fully saturated rings. The summed E-state index contributed by atoms with van der Waals surface area (Å²) < 4.78 is 42.4. The number of rotatable bonds is 4. The van der Waals surface area contributed by atoms with Crippen LogP contribution in [-0.2, 0) is 25.9 Å². The predicted molar refractivity (Wildman–Crippen MR) is 91.6 cm³/mol. The molecule has 130 valence electrons. The Morgan fingerprint density at radius 3 is 2.32 bits per heavy atom. The third-order valence-corrected chi connectivity index (χ3v) is 5.14. The maximum atomic E-state index is 14.2. The Kier molecular flexibility index (Phi) is 4.45. The maximum absolute atomic E-state index is 14.2. The lowest BCUT2D eigenvalue weighted by atomic mass is 9.96. The van der Waals surface area contributed by atoms with Crippen molar-refractivity contribution in [3.63, 3.8) is 0 Å². The number of nitrogens with two attached hydrogens (primary N) is 1. The van der Waals surface area contributed by atoms with E-state index in [0.29, 0.717) is 28.8 Å². The molecular weight excluding hydrogens is 345 g/mol. The molecule has 0 aliphatic carbocycles. The fourth-order valence-electron chi connectivity index (χ4n) is 2.72. The number of carbonyl (C=O) groups excluding carboxylic acids is 1. The summed E-state index contributed by atoms with van der Waals surface area (Å²) in [6.07, 6.45) is 0.941. The summed E-state index contributed by atoms with van der Waals surface area (Å²) in [7, 11) is -3.66. The van der Waals surface area contributed by atoms with Crippen molar-refractivity contribution in [3.05, 3.63) is 65.0 Å². The maximum Gasteiger partial charge on any atom is 0.339 e. The van der Waals surface area contributed by atoms with E-state index in [1.54, 1.807) is 24.3 Å². The lowest BCUT2D eigenvalue weighted by Gasteiger charge is -2.07. The van der Waals surface area contributed by atoms with Gasteiger partial charge in [0, 0.05) is 18.4 Å². The van der Waals surface area contributed by atoms with Gasteiger partial charge in [0.2, 0.25) is 0 Å². The summed E-state index contributed by atoms with van der Waals surface area (Å²) in [5, 5.41) is 0. The molecule has 0 amide bonds. The summed E-state index contributed by atoms with van der Waals surface area (Å²) in [6, 6.07) is 10.9. The van der Waals surface area contributed by atoms with Crippen LogP contribution in [0.4, 0.5) is 4.39 Å². The molecule has 2 N–H and O–H groups in total. The van der Waals surface area contributed by atoms with E-state index in [9.17, 15) is 17.6 Å². The number of esters is 1. The molecule has 0 radical (unpaired) electrons. The van der Waals surface area contributed by atoms with Gasteiger partial charge in [0.1, 0.15) is 17.3 Å². The number of benzene rings is 2. The Balaban J connectivity index is 2.11. The molecular formula is C18H16FNO4S. The van der Waals surface area contributed by atoms with Crippen molar-refractivity contribution in [2.24, 2.45) is 5.73 Å². The van der Waals surface area contributed by atoms with E-state index in [1.807, 2.05) is 0 Å². The number of ether oxygens (including phenoxy) is 1. The van der Waals surface area contributed by atoms with E-state index in [1.165, 1.54) is 12.1 Å². The Bertz CT molecular complexity index is 979. The molecule has 1 heterocycles. The van der Waals surface area contributed by atoms with Crippen molar-refractivity contribution < 1.29 is 22.3 Å². The van der Waals surface area contributed by atoms with Gasteiger partial charge in [-0.3, -0.25) is 0 Å². The second-order valence-electron chi connectivity index (χ2n) is 5.75. The van der Waals surface area contributed by atoms with E-state index in [0.717, 1.165) is 17.9 Å². The van der Waals surface area contributed by atoms with Crippen molar-refractivity contribution in [1.29, 1.82) is 0 Å². The number of halogens is 1. The number of hydrogen-bond donors (Lipinski definition) is 1. The summed E-state index contributed by atoms with van der Waals surface area (Å²) in [6.45, 7) is 0.388. The number of carbonyl (C=O) groups is 1. The minimum absolute atomic E-state index is 0.00443. The summed E-state index contributed by atoms with van der Waals surface area (Å²) in [5.74, 6) is -1.35. The van der Waals surface area contributed by atoms with E-state index in [4.69, 9.17) is 10.5 Å². The van der Waals surface area contributed by atoms with Gasteiger partial charge in [-0.15, -0.1) is 0 Å². The first kappa shape index (κ1) is 17.3. The Morgan fingerprint density at radius 2 is 1.76 bits per heavy atom. The summed E-state index contributed by atoms with van der Waals surface area (Å²) in [4.78, 5) is 11.8. The minimum Gasteiger partial charge on any atom is -0.457 e. The van der Waals surface area contributed by atoms with Gasteiger partial charge in [-0.05, 0) is 28.8 Å². The molecule has 0 aromatic heterocycles. The molecule has 0 atom stereocenters. The zero-order chi connectivity index (χ0) is 18.2. The second kappa shape index (κ2) is 6.42. The molecule has 0 bridgehead atoms. The highest BCUT2D eigenvalue weighted by atomic mass is 32.2. The quantitative estimate of drug-likeness (QED) is 0.844. The van der Waals surface area contributed by atoms with E-state index < -0.39 is 21.6 Å². The highest BCUT2D eigenvalue weighted by molar-refractivity contribution is 7.90. The highest BCUT2D eigenvalue weighted by Gasteiger charge is 2.28. The van der Waals surface area contributed by atoms with Crippen LogP contribution in [0.15, 0.2) is 47.4 Å². The van der Waals surface area contributed by atoms with E-state index >= 15 is 0 Å². The average molecular weight is 361 g/mol. The smallest absolute Gasteiger partial charge is 0.339 e. The number of sulfone groups is 1. The van der Waals surface area contributed by atoms with E-state index in [2.05, 4.69) is 0 Å². The standard InChI is InChI=1S/C18H16FNO4S/c1-25(22,23)16-7-6-13(8-15(16)19)14-10-24-18(21)17(14)12-4-2-11(9-20)3-5-12/h2-8H,9-10,20H2,1H3. The topological polar surface area (TPSA) is 86.5 Å². The zero-order valence-corrected chi connectivity index (χ0v) is 14.3. The van der Waals surface area contributed by atoms with E-state index in [-0.39, 0.29) is 11.5 Å². The highest BCUT2D eigenvalue weighted by Crippen LogP contribution is 2.34. The van der Waals surface area contributed by atoms with Crippen LogP contribution in [0.5, 0.6) is 0 Å². The SMILES string of the molecule is CS(=O)(=O)c1ccc(C2=C(c3ccc(CN)cc3)C(=O)OC2)cc1F. The van der Waals surface area contributed by atoms with Crippen LogP contribution in [0.25, 0.3) is 11.1 Å². The first-order valence-electron chi connectivity index (χ1n) is 7.51. The monoisotopic (exact) mass is 361 g/mol. The van der Waals surface area contributed by atoms with Crippen molar-refractivity contribution in [2.45, 2.75) is 11.4 Å². The van der Waals surface area contributed by atoms with Gasteiger partial charge >= 0.3 is 5.97 Å². The molecule has 0 saturated heterocycles. The molecule has 7 heteroatoms. The average Bonchev–Trinajstić information content (AvgIpc) is 2.95. The number of hydrogen-bond acceptors (Lipinski definition) is 5. The van der Waals surface area contributed by atoms with Crippen molar-refractivity contribution in [1.82, 2.24) is 0 Å². The molecule has 25 heavy (non-hydrogen) atoms. The molecule has 3 rings (SSSR count). The third kappa shape index (κ3) is 3.33. The molecule has 2 aromatic carbocycles. The Labute approximate surface area is 144 Å². The largest absolute Gasteiger partial charge is 0.457 e. The molecule has 0 unspecified atom stereocenters. The normalized spacial score (nSPS) is 14.8. The molecule has 5 nitrogen and oxygen atoms in total. The van der Waals surface area contributed by atoms with Gasteiger partial charge in [0.25, 0.3) is 0 Å². The first-order chi connectivity index (χ1) is 11.8. The van der Waals surface area contributed by atoms with Crippen LogP contribution in [0.2, 0.25) is 0 Å². The fourth-order valence-corrected chi connectivity index (χ4v) is 3.45. The van der Waals surface area contributed by atoms with Gasteiger partial charge in [-0.2, -0.15) is 0 Å². The lowest BCUT2D eigenvalue weighted by molar-refractivity contribution is -0.133. The molecule has 2 aromatic rings. The molecule has 0 spiro atoms. The third-order valence-electron chi connectivity index (χ3n) is 4.01. The molecule has 1 aliphatic heterocycles. The fraction of sp³-hybridized carbons (Fsp3) is 0.167. The zero-order valence-electron chi connectivity index (χ0n) is 13.5. The van der Waals surface area contributed by atoms with Gasteiger partial charge in [-0.1, -0.05) is 30.3 Å². The Morgan fingerprint density at radius 1 is 1.12 bits per heavy atom. The van der Waals surface area contributed by atoms with Gasteiger partial charge in [0.15, 0.2) is 9.84 Å². The molecule has 1 aliphatic rings. The van der Waals surface area contributed by atoms with Crippen molar-refractivity contribution >= 4 is 27.0 Å². The van der Waals surface area contributed by atoms with Crippen LogP contribution >= 0.6 is 0 Å². The lowest BCUT2D eigenvalue weighted by Crippen LogP contribution is -2.02. The van der Waals surface area contributed by atoms with Crippen LogP contribution < -0.4 is 5.73 Å². The van der Waals surface area contributed by atoms with Crippen LogP contribution in [0, 0.1) is 5.82 Å². The van der Waals surface area contributed by atoms with Gasteiger partial charge < -0.3 is 10.5 Å². The molecule has 0 saturated carbocycles. The predicted octanol–water partition coefficient (Wildman–Crippen LogP) is 2.16. The minimum atomic E-state index is -3.66. The van der Waals surface area contributed by atoms with Gasteiger partial charge in [-0.25, -0.2) is 17.6 Å². The first-order valence-corrected chi connectivity index (χ1v) is 9.40. The summed E-state index contributed by atoms with van der Waals surface area (Å²) >= 11 is 0. The van der Waals surface area contributed by atoms with Crippen molar-refractivity contribution in [2.75, 3.05) is 12.9 Å². The number of cyclic esters (lactones) is 1. The summed E-state index contributed by atoms with van der Waals surface area (Å²) in [5.41, 5.74) is 8.40.